The molecule has 0 spiro atoms. The smallest absolute Gasteiger partial charge is 0.0714 e. The fraction of sp³-hybridized carbons (Fsp3) is 0.0294. The Bertz CT molecular complexity index is 3560. The molecule has 0 aromatic heterocycles. The highest BCUT2D eigenvalue weighted by Gasteiger charge is 2.48. The molecular weight excluding hydrogens is 831 g/mol. The van der Waals surface area contributed by atoms with E-state index in [0.29, 0.717) is 0 Å². The van der Waals surface area contributed by atoms with Gasteiger partial charge in [0.25, 0.3) is 0 Å². The zero-order valence-electron chi connectivity index (χ0n) is 38.1. The zero-order chi connectivity index (χ0) is 45.8. The van der Waals surface area contributed by atoms with Crippen LogP contribution in [0.2, 0.25) is 0 Å². The van der Waals surface area contributed by atoms with Gasteiger partial charge in [-0.05, 0) is 120 Å². The highest BCUT2D eigenvalue weighted by Crippen LogP contribution is 2.60. The summed E-state index contributed by atoms with van der Waals surface area (Å²) in [5.74, 6) is 0. The summed E-state index contributed by atoms with van der Waals surface area (Å²) >= 11 is 0. The van der Waals surface area contributed by atoms with Crippen molar-refractivity contribution in [3.63, 3.8) is 0 Å². The number of anilines is 3. The lowest BCUT2D eigenvalue weighted by Crippen LogP contribution is -2.29. The minimum atomic E-state index is -0.558. The molecule has 11 aromatic carbocycles. The number of fused-ring (bicyclic) bond motifs is 6. The lowest BCUT2D eigenvalue weighted by molar-refractivity contribution is 0.768. The van der Waals surface area contributed by atoms with Gasteiger partial charge in [0.1, 0.15) is 0 Å². The number of hydrogen-bond acceptors (Lipinski definition) is 1. The lowest BCUT2D eigenvalue weighted by atomic mass is 9.67. The third-order valence-electron chi connectivity index (χ3n) is 14.8. The van der Waals surface area contributed by atoms with Gasteiger partial charge in [-0.1, -0.05) is 249 Å². The summed E-state index contributed by atoms with van der Waals surface area (Å²) in [5, 5.41) is 0. The molecule has 2 aliphatic carbocycles. The van der Waals surface area contributed by atoms with E-state index in [4.69, 9.17) is 0 Å². The van der Waals surface area contributed by atoms with Gasteiger partial charge in [0.2, 0.25) is 0 Å². The van der Waals surface area contributed by atoms with Crippen molar-refractivity contribution < 1.29 is 0 Å². The second kappa shape index (κ2) is 16.5. The normalized spacial score (nSPS) is 13.4. The van der Waals surface area contributed by atoms with Gasteiger partial charge in [0.05, 0.1) is 16.5 Å². The van der Waals surface area contributed by atoms with Crippen LogP contribution in [0.1, 0.15) is 44.5 Å². The van der Waals surface area contributed by atoms with Crippen molar-refractivity contribution in [2.24, 2.45) is 0 Å². The number of nitrogens with zero attached hydrogens (tertiary/aromatic N) is 1. The molecule has 0 saturated carbocycles. The molecule has 0 aliphatic heterocycles. The molecule has 13 rings (SSSR count). The van der Waals surface area contributed by atoms with E-state index in [1.807, 2.05) is 0 Å². The summed E-state index contributed by atoms with van der Waals surface area (Å²) in [4.78, 5) is 2.52. The zero-order valence-corrected chi connectivity index (χ0v) is 38.1. The maximum Gasteiger partial charge on any atom is 0.0714 e. The van der Waals surface area contributed by atoms with Crippen molar-refractivity contribution in [2.75, 3.05) is 4.90 Å². The minimum absolute atomic E-state index is 0.505. The van der Waals surface area contributed by atoms with Gasteiger partial charge in [-0.25, -0.2) is 0 Å². The summed E-state index contributed by atoms with van der Waals surface area (Å²) in [6, 6.07) is 106. The Kier molecular flexibility index (Phi) is 9.70. The van der Waals surface area contributed by atoms with Crippen LogP contribution in [0, 0.1) is 0 Å². The molecule has 0 unspecified atom stereocenters. The van der Waals surface area contributed by atoms with Gasteiger partial charge in [-0.2, -0.15) is 0 Å². The molecule has 0 saturated heterocycles. The Morgan fingerprint density at radius 1 is 0.217 bits per heavy atom. The van der Waals surface area contributed by atoms with E-state index in [-0.39, 0.29) is 0 Å². The van der Waals surface area contributed by atoms with E-state index >= 15 is 0 Å². The number of rotatable bonds is 9. The van der Waals surface area contributed by atoms with Crippen LogP contribution in [0.15, 0.2) is 285 Å². The average Bonchev–Trinajstić information content (AvgIpc) is 3.90. The Hall–Kier alpha value is -8.78. The van der Waals surface area contributed by atoms with Gasteiger partial charge in [-0.15, -0.1) is 0 Å². The highest BCUT2D eigenvalue weighted by molar-refractivity contribution is 5.96. The van der Waals surface area contributed by atoms with Crippen molar-refractivity contribution in [3.05, 3.63) is 330 Å². The molecule has 0 fully saturated rings. The third kappa shape index (κ3) is 6.24. The molecule has 0 N–H and O–H groups in total. The third-order valence-corrected chi connectivity index (χ3v) is 14.8. The molecule has 1 nitrogen and oxygen atoms in total. The van der Waals surface area contributed by atoms with Crippen molar-refractivity contribution in [1.82, 2.24) is 0 Å². The van der Waals surface area contributed by atoms with Gasteiger partial charge >= 0.3 is 0 Å². The summed E-state index contributed by atoms with van der Waals surface area (Å²) < 4.78 is 0. The molecule has 1 heteroatoms. The Morgan fingerprint density at radius 3 is 1.14 bits per heavy atom. The second-order valence-electron chi connectivity index (χ2n) is 18.3. The Morgan fingerprint density at radius 2 is 0.609 bits per heavy atom. The molecule has 11 aromatic rings. The van der Waals surface area contributed by atoms with E-state index in [9.17, 15) is 0 Å². The van der Waals surface area contributed by atoms with E-state index < -0.39 is 10.8 Å². The molecule has 0 heterocycles. The van der Waals surface area contributed by atoms with Gasteiger partial charge in [-0.3, -0.25) is 0 Å². The second-order valence-corrected chi connectivity index (χ2v) is 18.3. The molecule has 2 aliphatic rings. The monoisotopic (exact) mass is 877 g/mol. The minimum Gasteiger partial charge on any atom is -0.310 e. The quantitative estimate of drug-likeness (QED) is 0.140. The van der Waals surface area contributed by atoms with Crippen LogP contribution in [-0.4, -0.2) is 0 Å². The van der Waals surface area contributed by atoms with Crippen LogP contribution in [-0.2, 0) is 10.8 Å². The van der Waals surface area contributed by atoms with Gasteiger partial charge < -0.3 is 4.90 Å². The van der Waals surface area contributed by atoms with Crippen LogP contribution in [0.4, 0.5) is 17.1 Å². The first-order valence-corrected chi connectivity index (χ1v) is 24.0. The summed E-state index contributed by atoms with van der Waals surface area (Å²) in [7, 11) is 0. The molecular formula is C68H47N. The van der Waals surface area contributed by atoms with Crippen molar-refractivity contribution in [3.8, 4) is 44.5 Å². The fourth-order valence-electron chi connectivity index (χ4n) is 12.0. The van der Waals surface area contributed by atoms with E-state index in [1.165, 1.54) is 77.9 Å². The fourth-order valence-corrected chi connectivity index (χ4v) is 12.0. The van der Waals surface area contributed by atoms with Crippen LogP contribution in [0.3, 0.4) is 0 Å². The first-order chi connectivity index (χ1) is 34.2. The van der Waals surface area contributed by atoms with Crippen LogP contribution < -0.4 is 4.90 Å². The molecule has 69 heavy (non-hydrogen) atoms. The lowest BCUT2D eigenvalue weighted by Gasteiger charge is -2.35. The molecule has 324 valence electrons. The summed E-state index contributed by atoms with van der Waals surface area (Å²) in [6.07, 6.45) is 0. The predicted octanol–water partition coefficient (Wildman–Crippen LogP) is 17.2. The first kappa shape index (κ1) is 40.5. The summed E-state index contributed by atoms with van der Waals surface area (Å²) in [5.41, 5.74) is 22.0. The van der Waals surface area contributed by atoms with E-state index in [2.05, 4.69) is 290 Å². The number of benzene rings is 11. The topological polar surface area (TPSA) is 3.24 Å². The summed E-state index contributed by atoms with van der Waals surface area (Å²) in [6.45, 7) is 0. The molecule has 0 amide bonds. The van der Waals surface area contributed by atoms with Crippen LogP contribution in [0.5, 0.6) is 0 Å². The maximum absolute atomic E-state index is 2.52. The number of hydrogen-bond donors (Lipinski definition) is 0. The highest BCUT2D eigenvalue weighted by atomic mass is 15.1. The standard InChI is InChI=1S/C68H47N/c1-7-23-48(24-8-1)50-39-44-66(60(45-50)49-25-9-2-10-26-49)69(55-41-43-64-61(46-55)58-36-20-22-38-63(58)67(64,51-27-11-3-12-28-51)52-29-13-4-14-30-52)56-40-42-59-57-35-19-21-37-62(57)68(65(59)47-56,53-31-15-5-16-32-53)54-33-17-6-18-34-54/h1-47H. The largest absolute Gasteiger partial charge is 0.310 e. The van der Waals surface area contributed by atoms with Gasteiger partial charge in [0, 0.05) is 16.9 Å². The van der Waals surface area contributed by atoms with Crippen LogP contribution in [0.25, 0.3) is 44.5 Å². The van der Waals surface area contributed by atoms with Gasteiger partial charge in [0.15, 0.2) is 0 Å². The van der Waals surface area contributed by atoms with E-state index in [0.717, 1.165) is 28.2 Å². The van der Waals surface area contributed by atoms with Crippen molar-refractivity contribution >= 4 is 17.1 Å². The molecule has 0 bridgehead atoms. The molecule has 0 atom stereocenters. The maximum atomic E-state index is 2.52. The predicted molar refractivity (Wildman–Crippen MR) is 287 cm³/mol. The van der Waals surface area contributed by atoms with Crippen molar-refractivity contribution in [2.45, 2.75) is 10.8 Å². The average molecular weight is 878 g/mol. The Balaban J connectivity index is 1.11. The SMILES string of the molecule is c1ccc(-c2ccc(N(c3ccc4c(c3)-c3ccccc3C4(c3ccccc3)c3ccccc3)c3ccc4c(c3)C(c3ccccc3)(c3ccccc3)c3ccccc3-4)c(-c3ccccc3)c2)cc1. The Labute approximate surface area is 404 Å². The van der Waals surface area contributed by atoms with Crippen molar-refractivity contribution in [1.29, 1.82) is 0 Å². The molecule has 0 radical (unpaired) electrons. The first-order valence-electron chi connectivity index (χ1n) is 24.0. The van der Waals surface area contributed by atoms with Crippen LogP contribution >= 0.6 is 0 Å². The van der Waals surface area contributed by atoms with E-state index in [1.54, 1.807) is 0 Å².